The Labute approximate surface area is 593 Å². The summed E-state index contributed by atoms with van der Waals surface area (Å²) in [6.45, 7) is 17.9. The molecule has 6 rings (SSSR count). The molecule has 4 aromatic rings. The third kappa shape index (κ3) is 22.2. The molecule has 1 aliphatic heterocycles. The number of anilines is 1. The van der Waals surface area contributed by atoms with Gasteiger partial charge < -0.3 is 66.4 Å². The van der Waals surface area contributed by atoms with Gasteiger partial charge >= 0.3 is 28.6 Å². The number of hydrogen-bond acceptors (Lipinski definition) is 16. The predicted octanol–water partition coefficient (Wildman–Crippen LogP) is 7.84. The lowest BCUT2D eigenvalue weighted by atomic mass is 9.89. The molecular weight excluding hydrogens is 1320 g/mol. The number of primary amides is 1. The van der Waals surface area contributed by atoms with Gasteiger partial charge in [0, 0.05) is 53.0 Å². The number of nitrogens with two attached hydrogens (primary N) is 1. The van der Waals surface area contributed by atoms with Crippen LogP contribution in [0.4, 0.5) is 20.1 Å². The molecular formula is C73H104N10O17S. The largest absolute Gasteiger partial charge is 0.449 e. The topological polar surface area (TPSA) is 362 Å². The van der Waals surface area contributed by atoms with E-state index < -0.39 is 142 Å². The van der Waals surface area contributed by atoms with E-state index in [2.05, 4.69) is 31.9 Å². The van der Waals surface area contributed by atoms with Crippen LogP contribution >= 0.6 is 0 Å². The molecule has 2 aliphatic rings. The van der Waals surface area contributed by atoms with Crippen LogP contribution in [0.25, 0.3) is 11.1 Å². The highest BCUT2D eigenvalue weighted by Crippen LogP contribution is 2.44. The molecule has 12 atom stereocenters. The lowest BCUT2D eigenvalue weighted by Gasteiger charge is -2.41. The quantitative estimate of drug-likeness (QED) is 0.0159. The highest BCUT2D eigenvalue weighted by atomic mass is 32.3. The molecule has 0 bridgehead atoms. The van der Waals surface area contributed by atoms with Crippen LogP contribution in [0.3, 0.4) is 0 Å². The number of carbonyl (C=O) groups is 9. The summed E-state index contributed by atoms with van der Waals surface area (Å²) in [5.74, 6) is -5.76. The van der Waals surface area contributed by atoms with E-state index in [0.29, 0.717) is 42.6 Å². The van der Waals surface area contributed by atoms with Crippen LogP contribution in [0.5, 0.6) is 0 Å². The minimum atomic E-state index is -4.92. The van der Waals surface area contributed by atoms with Crippen LogP contribution < -0.4 is 37.6 Å². The molecule has 10 amide bonds. The number of urea groups is 1. The Kier molecular flexibility index (Phi) is 30.4. The number of rotatable bonds is 36. The summed E-state index contributed by atoms with van der Waals surface area (Å²) >= 11 is 0. The summed E-state index contributed by atoms with van der Waals surface area (Å²) in [6.07, 6.45) is -2.70. The number of alkyl carbamates (subject to hydrolysis) is 1. The second-order valence-electron chi connectivity index (χ2n) is 27.2. The van der Waals surface area contributed by atoms with Crippen molar-refractivity contribution in [3.8, 4) is 11.1 Å². The molecule has 0 radical (unpaired) electrons. The minimum absolute atomic E-state index is 0.0240. The Morgan fingerprint density at radius 3 is 1.84 bits per heavy atom. The number of methoxy groups -OCH3 is 2. The maximum absolute atomic E-state index is 14.9. The van der Waals surface area contributed by atoms with Gasteiger partial charge in [-0.1, -0.05) is 160 Å². The number of ether oxygens (including phenoxy) is 4. The SMILES string of the molecule is CC[C@H](C)[C@@H]([C@@H](CC(=O)N1CCC[C@H]1[C@H](OC)[C@@H](C)C(=O)N[C@H](C)[C@@H](OS(=O)(=O)O)c1ccccc1)OC)N(C)C(=O)[C@@H](NC(=O)[C@H](C(C)C)N(C)C(=O)OCc1ccc(NC(=O)[C@H](CCCNC(N)=O)NC(=O)[C@@H](NC(=O)OCC2c3ccccc3-c3ccccc32)C(C)C)cc1)C(C)C. The van der Waals surface area contributed by atoms with E-state index in [0.717, 1.165) is 27.2 Å². The number of nitrogens with one attached hydrogen (secondary N) is 6. The fourth-order valence-corrected chi connectivity index (χ4v) is 14.0. The van der Waals surface area contributed by atoms with Gasteiger partial charge in [-0.25, -0.2) is 18.6 Å². The number of nitrogens with zero attached hydrogens (tertiary/aromatic N) is 3. The van der Waals surface area contributed by atoms with Gasteiger partial charge in [-0.2, -0.15) is 8.42 Å². The Hall–Kier alpha value is -8.70. The first-order chi connectivity index (χ1) is 47.8. The summed E-state index contributed by atoms with van der Waals surface area (Å²) in [7, 11) is 1.02. The van der Waals surface area contributed by atoms with Gasteiger partial charge in [-0.15, -0.1) is 0 Å². The summed E-state index contributed by atoms with van der Waals surface area (Å²) in [4.78, 5) is 129. The molecule has 9 N–H and O–H groups in total. The van der Waals surface area contributed by atoms with Gasteiger partial charge in [0.1, 0.15) is 43.5 Å². The Balaban J connectivity index is 1.05. The molecule has 554 valence electrons. The van der Waals surface area contributed by atoms with Crippen molar-refractivity contribution in [2.24, 2.45) is 35.3 Å². The lowest BCUT2D eigenvalue weighted by Crippen LogP contribution is -2.60. The molecule has 1 saturated heterocycles. The van der Waals surface area contributed by atoms with Gasteiger partial charge in [-0.3, -0.25) is 38.2 Å². The van der Waals surface area contributed by atoms with Gasteiger partial charge in [0.2, 0.25) is 35.4 Å². The summed E-state index contributed by atoms with van der Waals surface area (Å²) in [5.41, 5.74) is 10.7. The number of amides is 10. The first-order valence-electron chi connectivity index (χ1n) is 34.5. The van der Waals surface area contributed by atoms with Crippen LogP contribution in [-0.4, -0.2) is 184 Å². The fourth-order valence-electron chi connectivity index (χ4n) is 13.5. The standard InChI is InChI=1S/C73H104N10O17S/c1-15-45(8)63(58(96-13)39-59(84)83-38-24-32-57(83)64(97-14)46(9)66(85)76-47(10)65(100-101(93,94)95)49-25-17-16-18-26-49)81(11)70(89)61(43(4)5)79-69(88)62(44(6)7)82(12)73(92)99-40-48-33-35-50(36-34-48)77-67(86)56(31-23-37-75-71(74)90)78-68(87)60(42(2)3)80-72(91)98-41-55-53-29-21-19-27-51(53)52-28-20-22-30-54(52)55/h16-22,25-30,33-36,42-47,55-58,60-65H,15,23-24,31-32,37-41H2,1-14H3,(H,76,85)(H,77,86)(H,78,87)(H,79,88)(H,80,91)(H3,74,75,90)(H,93,94,95)/t45-,46+,47+,56-,57-,58+,60-,61-,62-,63-,64+,65+/m0/s1. The van der Waals surface area contributed by atoms with Crippen molar-refractivity contribution < 1.29 is 79.3 Å². The van der Waals surface area contributed by atoms with Crippen LogP contribution in [0.2, 0.25) is 0 Å². The molecule has 0 saturated carbocycles. The van der Waals surface area contributed by atoms with Crippen molar-refractivity contribution in [3.05, 3.63) is 125 Å². The van der Waals surface area contributed by atoms with E-state index in [-0.39, 0.29) is 56.8 Å². The maximum Gasteiger partial charge on any atom is 0.410 e. The lowest BCUT2D eigenvalue weighted by molar-refractivity contribution is -0.148. The highest BCUT2D eigenvalue weighted by molar-refractivity contribution is 7.80. The van der Waals surface area contributed by atoms with Gasteiger partial charge in [0.15, 0.2) is 0 Å². The predicted molar refractivity (Wildman–Crippen MR) is 380 cm³/mol. The third-order valence-corrected chi connectivity index (χ3v) is 19.5. The highest BCUT2D eigenvalue weighted by Gasteiger charge is 2.45. The molecule has 0 unspecified atom stereocenters. The number of likely N-dealkylation sites (N-methyl/N-ethyl adjacent to an activating group) is 2. The van der Waals surface area contributed by atoms with E-state index in [1.807, 2.05) is 62.4 Å². The molecule has 4 aromatic carbocycles. The fraction of sp³-hybridized carbons (Fsp3) is 0.548. The van der Waals surface area contributed by atoms with Crippen LogP contribution in [-0.2, 0) is 68.9 Å². The van der Waals surface area contributed by atoms with E-state index >= 15 is 0 Å². The van der Waals surface area contributed by atoms with E-state index in [1.54, 1.807) is 122 Å². The second kappa shape index (κ2) is 37.8. The number of hydrogen-bond donors (Lipinski definition) is 8. The normalized spacial score (nSPS) is 16.9. The van der Waals surface area contributed by atoms with Gasteiger partial charge in [-0.05, 0) is 102 Å². The minimum Gasteiger partial charge on any atom is -0.449 e. The van der Waals surface area contributed by atoms with Crippen molar-refractivity contribution in [1.29, 1.82) is 0 Å². The number of fused-ring (bicyclic) bond motifs is 3. The van der Waals surface area contributed by atoms with Crippen molar-refractivity contribution in [2.75, 3.05) is 53.3 Å². The zero-order chi connectivity index (χ0) is 74.6. The van der Waals surface area contributed by atoms with Crippen molar-refractivity contribution in [3.63, 3.8) is 0 Å². The third-order valence-electron chi connectivity index (χ3n) is 19.0. The van der Waals surface area contributed by atoms with Crippen molar-refractivity contribution in [1.82, 2.24) is 41.3 Å². The van der Waals surface area contributed by atoms with Gasteiger partial charge in [0.25, 0.3) is 0 Å². The van der Waals surface area contributed by atoms with Crippen LogP contribution in [0.15, 0.2) is 103 Å². The molecule has 28 heteroatoms. The monoisotopic (exact) mass is 1420 g/mol. The average molecular weight is 1430 g/mol. The maximum atomic E-state index is 14.9. The zero-order valence-corrected chi connectivity index (χ0v) is 61.2. The van der Waals surface area contributed by atoms with Crippen LogP contribution in [0, 0.1) is 29.6 Å². The first kappa shape index (κ1) is 81.3. The first-order valence-corrected chi connectivity index (χ1v) is 35.9. The molecule has 27 nitrogen and oxygen atoms in total. The van der Waals surface area contributed by atoms with E-state index in [4.69, 9.17) is 28.9 Å². The zero-order valence-electron chi connectivity index (χ0n) is 60.4. The Morgan fingerprint density at radius 1 is 0.683 bits per heavy atom. The molecule has 0 aromatic heterocycles. The number of likely N-dealkylation sites (tertiary alicyclic amines) is 1. The smallest absolute Gasteiger partial charge is 0.410 e. The van der Waals surface area contributed by atoms with Crippen LogP contribution in [0.1, 0.15) is 142 Å². The summed E-state index contributed by atoms with van der Waals surface area (Å²) in [5, 5.41) is 16.5. The molecule has 1 heterocycles. The van der Waals surface area contributed by atoms with Gasteiger partial charge in [0.05, 0.1) is 42.7 Å². The second-order valence-corrected chi connectivity index (χ2v) is 28.2. The molecule has 1 fully saturated rings. The Morgan fingerprint density at radius 2 is 1.29 bits per heavy atom. The Bertz CT molecular complexity index is 3540. The molecule has 0 spiro atoms. The number of benzene rings is 4. The number of carbonyl (C=O) groups excluding carboxylic acids is 9. The summed E-state index contributed by atoms with van der Waals surface area (Å²) < 4.78 is 61.9. The van der Waals surface area contributed by atoms with Crippen molar-refractivity contribution >= 4 is 69.7 Å². The van der Waals surface area contributed by atoms with E-state index in [9.17, 15) is 56.1 Å². The van der Waals surface area contributed by atoms with Crippen molar-refractivity contribution in [2.45, 2.75) is 181 Å². The van der Waals surface area contributed by atoms with E-state index in [1.165, 1.54) is 26.2 Å². The average Bonchev–Trinajstić information content (AvgIpc) is 1.63. The summed E-state index contributed by atoms with van der Waals surface area (Å²) in [6, 6.07) is 23.1. The molecule has 101 heavy (non-hydrogen) atoms. The molecule has 1 aliphatic carbocycles.